The molecule has 62 heavy (non-hydrogen) atoms. The number of fused-ring (bicyclic) bond motifs is 8. The molecule has 0 saturated carbocycles. The first-order valence-electron chi connectivity index (χ1n) is 21.3. The van der Waals surface area contributed by atoms with Crippen molar-refractivity contribution in [3.8, 4) is 11.1 Å². The summed E-state index contributed by atoms with van der Waals surface area (Å²) in [5, 5.41) is 10.7. The van der Waals surface area contributed by atoms with Crippen LogP contribution in [0.25, 0.3) is 42.1 Å². The standard InChI is InChI=1S/C58H40N2SSi/c1-6-20-41(21-7-1)59(42-22-8-2-9-23-42)44-35-37-56-52(38-44)58-51-32-17-16-30-48(51)53(40-57(58)62(56,46-26-12-4-13-27-46)47-28-14-5-15-29-47)60(43-24-10-3-11-25-43)45-34-36-50-49-31-18-19-33-54(49)61-55(50)39-45/h1-40H. The van der Waals surface area contributed by atoms with E-state index in [9.17, 15) is 0 Å². The molecule has 0 bridgehead atoms. The monoisotopic (exact) mass is 824 g/mol. The molecule has 0 N–H and O–H groups in total. The number of hydrogen-bond donors (Lipinski definition) is 0. The van der Waals surface area contributed by atoms with Gasteiger partial charge in [0.25, 0.3) is 0 Å². The molecule has 1 aliphatic heterocycles. The molecule has 2 heterocycles. The molecule has 0 unspecified atom stereocenters. The summed E-state index contributed by atoms with van der Waals surface area (Å²) >= 11 is 1.87. The van der Waals surface area contributed by atoms with Crippen molar-refractivity contribution < 1.29 is 0 Å². The van der Waals surface area contributed by atoms with Crippen LogP contribution in [0.5, 0.6) is 0 Å². The van der Waals surface area contributed by atoms with Crippen LogP contribution in [0.15, 0.2) is 243 Å². The molecule has 0 saturated heterocycles. The van der Waals surface area contributed by atoms with Crippen molar-refractivity contribution in [3.05, 3.63) is 243 Å². The number of para-hydroxylation sites is 3. The smallest absolute Gasteiger partial charge is 0.180 e. The third-order valence-corrected chi connectivity index (χ3v) is 18.7. The Morgan fingerprint density at radius 3 is 1.39 bits per heavy atom. The van der Waals surface area contributed by atoms with Gasteiger partial charge in [-0.3, -0.25) is 0 Å². The lowest BCUT2D eigenvalue weighted by molar-refractivity contribution is 1.29. The van der Waals surface area contributed by atoms with Crippen molar-refractivity contribution in [2.75, 3.05) is 9.80 Å². The molecule has 0 radical (unpaired) electrons. The Morgan fingerprint density at radius 2 is 0.774 bits per heavy atom. The zero-order valence-electron chi connectivity index (χ0n) is 33.9. The molecule has 0 atom stereocenters. The predicted octanol–water partition coefficient (Wildman–Crippen LogP) is 13.5. The molecule has 11 aromatic rings. The van der Waals surface area contributed by atoms with Gasteiger partial charge in [-0.15, -0.1) is 11.3 Å². The summed E-state index contributed by atoms with van der Waals surface area (Å²) in [6.45, 7) is 0. The summed E-state index contributed by atoms with van der Waals surface area (Å²) in [5.41, 5.74) is 9.47. The van der Waals surface area contributed by atoms with Crippen LogP contribution < -0.4 is 30.5 Å². The number of benzene rings is 10. The number of thiophene rings is 1. The zero-order chi connectivity index (χ0) is 41.0. The molecule has 2 nitrogen and oxygen atoms in total. The second kappa shape index (κ2) is 14.9. The third kappa shape index (κ3) is 5.68. The van der Waals surface area contributed by atoms with Crippen molar-refractivity contribution in [2.45, 2.75) is 0 Å². The lowest BCUT2D eigenvalue weighted by Gasteiger charge is -2.33. The highest BCUT2D eigenvalue weighted by atomic mass is 32.1. The molecular weight excluding hydrogens is 785 g/mol. The van der Waals surface area contributed by atoms with E-state index < -0.39 is 8.07 Å². The highest BCUT2D eigenvalue weighted by molar-refractivity contribution is 7.26. The molecule has 0 spiro atoms. The van der Waals surface area contributed by atoms with Gasteiger partial charge < -0.3 is 9.80 Å². The first kappa shape index (κ1) is 36.4. The topological polar surface area (TPSA) is 6.48 Å². The predicted molar refractivity (Wildman–Crippen MR) is 269 cm³/mol. The first-order chi connectivity index (χ1) is 30.8. The van der Waals surface area contributed by atoms with Gasteiger partial charge >= 0.3 is 0 Å². The molecule has 0 amide bonds. The van der Waals surface area contributed by atoms with Crippen molar-refractivity contribution in [1.29, 1.82) is 0 Å². The van der Waals surface area contributed by atoms with Gasteiger partial charge in [-0.2, -0.15) is 0 Å². The van der Waals surface area contributed by atoms with Crippen LogP contribution in [0.1, 0.15) is 0 Å². The minimum atomic E-state index is -2.95. The van der Waals surface area contributed by atoms with Gasteiger partial charge in [0.2, 0.25) is 0 Å². The van der Waals surface area contributed by atoms with Crippen LogP contribution in [0.3, 0.4) is 0 Å². The van der Waals surface area contributed by atoms with E-state index >= 15 is 0 Å². The average molecular weight is 825 g/mol. The van der Waals surface area contributed by atoms with Crippen LogP contribution >= 0.6 is 11.3 Å². The quantitative estimate of drug-likeness (QED) is 0.141. The highest BCUT2D eigenvalue weighted by Crippen LogP contribution is 2.47. The van der Waals surface area contributed by atoms with E-state index in [2.05, 4.69) is 252 Å². The van der Waals surface area contributed by atoms with Crippen LogP contribution in [0, 0.1) is 0 Å². The van der Waals surface area contributed by atoms with E-state index in [0.29, 0.717) is 0 Å². The Balaban J connectivity index is 1.19. The zero-order valence-corrected chi connectivity index (χ0v) is 35.7. The number of nitrogens with zero attached hydrogens (tertiary/aromatic N) is 2. The van der Waals surface area contributed by atoms with Crippen LogP contribution in [-0.4, -0.2) is 8.07 Å². The van der Waals surface area contributed by atoms with E-state index in [-0.39, 0.29) is 0 Å². The molecule has 1 aliphatic rings. The van der Waals surface area contributed by atoms with Crippen molar-refractivity contribution in [2.24, 2.45) is 0 Å². The van der Waals surface area contributed by atoms with E-state index in [0.717, 1.165) is 28.4 Å². The normalized spacial score (nSPS) is 12.6. The highest BCUT2D eigenvalue weighted by Gasteiger charge is 2.50. The molecule has 10 aromatic carbocycles. The molecule has 292 valence electrons. The lowest BCUT2D eigenvalue weighted by atomic mass is 9.95. The second-order valence-electron chi connectivity index (χ2n) is 16.0. The fraction of sp³-hybridized carbons (Fsp3) is 0. The van der Waals surface area contributed by atoms with Crippen LogP contribution in [0.4, 0.5) is 34.1 Å². The molecule has 0 aliphatic carbocycles. The Morgan fingerprint density at radius 1 is 0.306 bits per heavy atom. The Kier molecular flexibility index (Phi) is 8.73. The maximum absolute atomic E-state index is 2.95. The van der Waals surface area contributed by atoms with Gasteiger partial charge in [-0.05, 0) is 110 Å². The minimum Gasteiger partial charge on any atom is -0.310 e. The SMILES string of the molecule is c1ccc(N(c2ccccc2)c2ccc3c(c2)-c2c(cc(N(c4ccccc4)c4ccc5c(c4)sc4ccccc45)c4ccccc24)[Si]3(c2ccccc2)c2ccccc2)cc1. The maximum Gasteiger partial charge on any atom is 0.180 e. The average Bonchev–Trinajstić information content (AvgIpc) is 3.86. The number of rotatable bonds is 8. The van der Waals surface area contributed by atoms with Crippen molar-refractivity contribution >= 4 is 105 Å². The first-order valence-corrected chi connectivity index (χ1v) is 24.1. The minimum absolute atomic E-state index is 1.13. The fourth-order valence-corrected chi connectivity index (χ4v) is 16.4. The largest absolute Gasteiger partial charge is 0.310 e. The van der Waals surface area contributed by atoms with Gasteiger partial charge in [-0.25, -0.2) is 0 Å². The molecule has 0 fully saturated rings. The van der Waals surface area contributed by atoms with Gasteiger partial charge in [0, 0.05) is 54.0 Å². The van der Waals surface area contributed by atoms with Gasteiger partial charge in [0.1, 0.15) is 0 Å². The lowest BCUT2D eigenvalue weighted by Crippen LogP contribution is -2.72. The van der Waals surface area contributed by atoms with Gasteiger partial charge in [0.05, 0.1) is 5.69 Å². The van der Waals surface area contributed by atoms with Crippen LogP contribution in [0.2, 0.25) is 0 Å². The van der Waals surface area contributed by atoms with Gasteiger partial charge in [0.15, 0.2) is 8.07 Å². The summed E-state index contributed by atoms with van der Waals surface area (Å²) in [5.74, 6) is 0. The third-order valence-electron chi connectivity index (χ3n) is 12.7. The van der Waals surface area contributed by atoms with Crippen molar-refractivity contribution in [3.63, 3.8) is 0 Å². The fourth-order valence-electron chi connectivity index (χ4n) is 10.1. The molecule has 12 rings (SSSR count). The summed E-state index contributed by atoms with van der Waals surface area (Å²) < 4.78 is 2.60. The molecule has 4 heteroatoms. The Hall–Kier alpha value is -7.50. The summed E-state index contributed by atoms with van der Waals surface area (Å²) in [7, 11) is -2.95. The maximum atomic E-state index is 2.58. The molecular formula is C58H40N2SSi. The number of hydrogen-bond acceptors (Lipinski definition) is 3. The summed E-state index contributed by atoms with van der Waals surface area (Å²) in [6, 6.07) is 90.0. The van der Waals surface area contributed by atoms with E-state index in [1.165, 1.54) is 68.5 Å². The summed E-state index contributed by atoms with van der Waals surface area (Å²) in [4.78, 5) is 4.90. The van der Waals surface area contributed by atoms with E-state index in [1.54, 1.807) is 0 Å². The Labute approximate surface area is 366 Å². The summed E-state index contributed by atoms with van der Waals surface area (Å²) in [6.07, 6.45) is 0. The van der Waals surface area contributed by atoms with Crippen molar-refractivity contribution in [1.82, 2.24) is 0 Å². The molecule has 1 aromatic heterocycles. The van der Waals surface area contributed by atoms with Crippen LogP contribution in [-0.2, 0) is 0 Å². The number of anilines is 6. The van der Waals surface area contributed by atoms with E-state index in [1.807, 2.05) is 11.3 Å². The second-order valence-corrected chi connectivity index (χ2v) is 20.8. The van der Waals surface area contributed by atoms with E-state index in [4.69, 9.17) is 0 Å². The Bertz CT molecular complexity index is 3330. The van der Waals surface area contributed by atoms with Gasteiger partial charge in [-0.1, -0.05) is 170 Å².